The van der Waals surface area contributed by atoms with E-state index in [9.17, 15) is 0 Å². The number of furan rings is 1. The van der Waals surface area contributed by atoms with Crippen molar-refractivity contribution in [3.63, 3.8) is 0 Å². The fraction of sp³-hybridized carbons (Fsp3) is 0.167. The zero-order valence-electron chi connectivity index (χ0n) is 13.8. The summed E-state index contributed by atoms with van der Waals surface area (Å²) in [6, 6.07) is 11.7. The zero-order chi connectivity index (χ0) is 17.2. The lowest BCUT2D eigenvalue weighted by Gasteiger charge is -2.19. The van der Waals surface area contributed by atoms with Gasteiger partial charge in [-0.2, -0.15) is 4.98 Å². The Morgan fingerprint density at radius 3 is 2.88 bits per heavy atom. The lowest BCUT2D eigenvalue weighted by Crippen LogP contribution is -2.27. The average molecular weight is 352 g/mol. The van der Waals surface area contributed by atoms with Gasteiger partial charge in [-0.1, -0.05) is 30.0 Å². The Morgan fingerprint density at radius 1 is 1.20 bits per heavy atom. The van der Waals surface area contributed by atoms with Crippen molar-refractivity contribution >= 4 is 23.5 Å². The minimum Gasteiger partial charge on any atom is -0.465 e. The second kappa shape index (κ2) is 6.60. The second-order valence-electron chi connectivity index (χ2n) is 5.54. The van der Waals surface area contributed by atoms with E-state index in [1.165, 1.54) is 11.8 Å². The van der Waals surface area contributed by atoms with Crippen LogP contribution in [0.1, 0.15) is 12.7 Å². The number of nitrogens with one attached hydrogen (secondary N) is 1. The Morgan fingerprint density at radius 2 is 2.08 bits per heavy atom. The third-order valence-electron chi connectivity index (χ3n) is 3.84. The van der Waals surface area contributed by atoms with E-state index in [1.54, 1.807) is 6.26 Å². The van der Waals surface area contributed by atoms with E-state index in [4.69, 9.17) is 9.15 Å². The molecule has 1 aliphatic rings. The summed E-state index contributed by atoms with van der Waals surface area (Å²) in [7, 11) is 0. The molecule has 0 fully saturated rings. The largest absolute Gasteiger partial charge is 0.465 e. The van der Waals surface area contributed by atoms with Gasteiger partial charge in [-0.15, -0.1) is 10.2 Å². The number of aromatic nitrogens is 3. The zero-order valence-corrected chi connectivity index (χ0v) is 14.6. The molecule has 3 aromatic rings. The molecule has 0 saturated carbocycles. The molecule has 2 aromatic heterocycles. The predicted octanol–water partition coefficient (Wildman–Crippen LogP) is 4.09. The van der Waals surface area contributed by atoms with Crippen molar-refractivity contribution in [2.45, 2.75) is 18.3 Å². The van der Waals surface area contributed by atoms with E-state index in [0.29, 0.717) is 16.7 Å². The number of fused-ring (bicyclic) bond motifs is 3. The highest BCUT2D eigenvalue weighted by Gasteiger charge is 2.25. The van der Waals surface area contributed by atoms with Crippen molar-refractivity contribution in [1.82, 2.24) is 15.2 Å². The summed E-state index contributed by atoms with van der Waals surface area (Å²) < 4.78 is 11.5. The Labute approximate surface area is 149 Å². The number of rotatable bonds is 3. The summed E-state index contributed by atoms with van der Waals surface area (Å²) in [5.41, 5.74) is 3.43. The summed E-state index contributed by atoms with van der Waals surface area (Å²) in [6.07, 6.45) is 5.10. The molecule has 0 amide bonds. The first-order chi connectivity index (χ1) is 12.2. The molecule has 4 rings (SSSR count). The van der Waals surface area contributed by atoms with Crippen LogP contribution in [0.5, 0.6) is 5.88 Å². The van der Waals surface area contributed by atoms with Crippen LogP contribution in [-0.2, 0) is 0 Å². The van der Waals surface area contributed by atoms with Crippen LogP contribution in [0.2, 0.25) is 0 Å². The van der Waals surface area contributed by atoms with E-state index in [0.717, 1.165) is 22.6 Å². The third kappa shape index (κ3) is 3.10. The normalized spacial score (nSPS) is 16.2. The molecule has 1 aliphatic heterocycles. The van der Waals surface area contributed by atoms with Gasteiger partial charge in [-0.3, -0.25) is 0 Å². The smallest absolute Gasteiger partial charge is 0.247 e. The minimum atomic E-state index is -0.390. The third-order valence-corrected chi connectivity index (χ3v) is 4.38. The average Bonchev–Trinajstić information content (AvgIpc) is 3.08. The first-order valence-electron chi connectivity index (χ1n) is 7.77. The Hall–Kier alpha value is -2.80. The SMILES string of the molecule is CSc1nnc2c(n1)O[C@H](/C(C)=C\c1ccco1)Nc1ccccc1-2. The molecule has 126 valence electrons. The van der Waals surface area contributed by atoms with Gasteiger partial charge < -0.3 is 14.5 Å². The minimum absolute atomic E-state index is 0.390. The van der Waals surface area contributed by atoms with Gasteiger partial charge in [0.2, 0.25) is 11.0 Å². The van der Waals surface area contributed by atoms with Crippen molar-refractivity contribution in [3.8, 4) is 17.1 Å². The maximum atomic E-state index is 6.14. The van der Waals surface area contributed by atoms with E-state index in [1.807, 2.05) is 55.7 Å². The van der Waals surface area contributed by atoms with E-state index < -0.39 is 0 Å². The molecule has 0 radical (unpaired) electrons. The fourth-order valence-corrected chi connectivity index (χ4v) is 2.91. The standard InChI is InChI=1S/C18H16N4O2S/c1-11(10-12-6-5-9-23-12)16-19-14-8-4-3-7-13(14)15-17(24-16)20-18(25-2)22-21-15/h3-10,16,19H,1-2H3/b11-10-/t16-/m1/s1. The summed E-state index contributed by atoms with van der Waals surface area (Å²) >= 11 is 1.43. The molecule has 0 unspecified atom stereocenters. The Balaban J connectivity index is 1.79. The monoisotopic (exact) mass is 352 g/mol. The molecule has 1 N–H and O–H groups in total. The van der Waals surface area contributed by atoms with Crippen LogP contribution in [0.4, 0.5) is 5.69 Å². The topological polar surface area (TPSA) is 73.1 Å². The molecule has 1 aromatic carbocycles. The number of nitrogens with zero attached hydrogens (tertiary/aromatic N) is 3. The quantitative estimate of drug-likeness (QED) is 0.712. The van der Waals surface area contributed by atoms with E-state index >= 15 is 0 Å². The van der Waals surface area contributed by atoms with Crippen LogP contribution in [0, 0.1) is 0 Å². The highest BCUT2D eigenvalue weighted by molar-refractivity contribution is 7.98. The van der Waals surface area contributed by atoms with Gasteiger partial charge in [0.1, 0.15) is 5.76 Å². The van der Waals surface area contributed by atoms with Gasteiger partial charge in [0.05, 0.1) is 6.26 Å². The molecule has 25 heavy (non-hydrogen) atoms. The number of para-hydroxylation sites is 1. The Bertz CT molecular complexity index is 925. The van der Waals surface area contributed by atoms with Crippen molar-refractivity contribution < 1.29 is 9.15 Å². The second-order valence-corrected chi connectivity index (χ2v) is 6.32. The van der Waals surface area contributed by atoms with E-state index in [-0.39, 0.29) is 6.23 Å². The number of hydrogen-bond acceptors (Lipinski definition) is 7. The van der Waals surface area contributed by atoms with Gasteiger partial charge in [0, 0.05) is 11.3 Å². The number of ether oxygens (including phenoxy) is 1. The molecule has 1 atom stereocenters. The molecule has 0 aliphatic carbocycles. The highest BCUT2D eigenvalue weighted by atomic mass is 32.2. The Kier molecular flexibility index (Phi) is 4.15. The van der Waals surface area contributed by atoms with Crippen LogP contribution < -0.4 is 10.1 Å². The summed E-state index contributed by atoms with van der Waals surface area (Å²) in [4.78, 5) is 4.50. The molecule has 0 spiro atoms. The van der Waals surface area contributed by atoms with Crippen molar-refractivity contribution in [2.75, 3.05) is 11.6 Å². The summed E-state index contributed by atoms with van der Waals surface area (Å²) in [6.45, 7) is 1.98. The molecular weight excluding hydrogens is 336 g/mol. The highest BCUT2D eigenvalue weighted by Crippen LogP contribution is 2.37. The maximum Gasteiger partial charge on any atom is 0.247 e. The number of anilines is 1. The molecular formula is C18H16N4O2S. The van der Waals surface area contributed by atoms with Gasteiger partial charge in [-0.25, -0.2) is 0 Å². The van der Waals surface area contributed by atoms with Crippen molar-refractivity contribution in [1.29, 1.82) is 0 Å². The van der Waals surface area contributed by atoms with E-state index in [2.05, 4.69) is 20.5 Å². The number of benzene rings is 1. The van der Waals surface area contributed by atoms with Crippen LogP contribution in [0.15, 0.2) is 57.8 Å². The molecule has 7 heteroatoms. The fourth-order valence-electron chi connectivity index (χ4n) is 2.61. The van der Waals surface area contributed by atoms with Crippen LogP contribution in [-0.4, -0.2) is 27.7 Å². The number of hydrogen-bond donors (Lipinski definition) is 1. The van der Waals surface area contributed by atoms with Crippen LogP contribution >= 0.6 is 11.8 Å². The molecule has 0 bridgehead atoms. The first kappa shape index (κ1) is 15.7. The number of thioether (sulfide) groups is 1. The van der Waals surface area contributed by atoms with Crippen LogP contribution in [0.3, 0.4) is 0 Å². The van der Waals surface area contributed by atoms with Crippen LogP contribution in [0.25, 0.3) is 17.3 Å². The van der Waals surface area contributed by atoms with Gasteiger partial charge in [-0.05, 0) is 43.0 Å². The van der Waals surface area contributed by atoms with Gasteiger partial charge in [0.25, 0.3) is 0 Å². The van der Waals surface area contributed by atoms with Crippen molar-refractivity contribution in [2.24, 2.45) is 0 Å². The lowest BCUT2D eigenvalue weighted by atomic mass is 10.1. The molecule has 0 saturated heterocycles. The molecule has 3 heterocycles. The maximum absolute atomic E-state index is 6.14. The lowest BCUT2D eigenvalue weighted by molar-refractivity contribution is 0.255. The summed E-state index contributed by atoms with van der Waals surface area (Å²) in [5, 5.41) is 12.5. The van der Waals surface area contributed by atoms with Crippen molar-refractivity contribution in [3.05, 3.63) is 54.0 Å². The molecule has 6 nitrogen and oxygen atoms in total. The van der Waals surface area contributed by atoms with Gasteiger partial charge >= 0.3 is 0 Å². The predicted molar refractivity (Wildman–Crippen MR) is 97.4 cm³/mol. The summed E-state index contributed by atoms with van der Waals surface area (Å²) in [5.74, 6) is 1.24. The van der Waals surface area contributed by atoms with Gasteiger partial charge in [0.15, 0.2) is 11.9 Å². The first-order valence-corrected chi connectivity index (χ1v) is 9.00.